The van der Waals surface area contributed by atoms with Gasteiger partial charge in [0.05, 0.1) is 30.5 Å². The first kappa shape index (κ1) is 24.6. The molecule has 162 valence electrons. The highest BCUT2D eigenvalue weighted by atomic mass is 32.2. The van der Waals surface area contributed by atoms with Gasteiger partial charge < -0.3 is 46.5 Å². The van der Waals surface area contributed by atoms with Crippen molar-refractivity contribution in [3.63, 3.8) is 0 Å². The lowest BCUT2D eigenvalue weighted by Gasteiger charge is -2.43. The first-order chi connectivity index (χ1) is 12.2. The van der Waals surface area contributed by atoms with Gasteiger partial charge in [-0.1, -0.05) is 0 Å². The van der Waals surface area contributed by atoms with Crippen molar-refractivity contribution in [2.24, 2.45) is 11.5 Å². The maximum absolute atomic E-state index is 11.3. The van der Waals surface area contributed by atoms with Crippen molar-refractivity contribution in [2.75, 3.05) is 6.26 Å². The molecule has 0 spiro atoms. The van der Waals surface area contributed by atoms with E-state index in [4.69, 9.17) is 20.9 Å². The summed E-state index contributed by atoms with van der Waals surface area (Å²) in [6.45, 7) is 2.89. The Hall–Kier alpha value is -0.450. The molecule has 1 rings (SSSR count). The van der Waals surface area contributed by atoms with E-state index in [2.05, 4.69) is 4.72 Å². The maximum Gasteiger partial charge on any atom is 0.209 e. The zero-order valence-corrected chi connectivity index (χ0v) is 16.2. The van der Waals surface area contributed by atoms with E-state index in [0.29, 0.717) is 0 Å². The molecule has 1 aliphatic heterocycles. The van der Waals surface area contributed by atoms with Gasteiger partial charge in [-0.3, -0.25) is 0 Å². The van der Waals surface area contributed by atoms with Crippen LogP contribution in [-0.2, 0) is 19.5 Å². The standard InChI is InChI=1S/C14H31N3O9S/c1-5(18)12-11(20)10(19)9(16)14(26-12)25-6(2)7(15)4-8(13(21)22)17-27(3,23)24/h5-14,17-22H,4,15-16H2,1-3H3/t5-,6+,7?,8?,9?,10?,11?,12?,14?/m1/s1. The third-order valence-electron chi connectivity index (χ3n) is 4.37. The molecule has 10 N–H and O–H groups in total. The molecule has 9 atom stereocenters. The number of rotatable bonds is 9. The molecule has 12 nitrogen and oxygen atoms in total. The Morgan fingerprint density at radius 1 is 1.19 bits per heavy atom. The quantitative estimate of drug-likeness (QED) is 0.167. The molecule has 7 unspecified atom stereocenters. The summed E-state index contributed by atoms with van der Waals surface area (Å²) in [7, 11) is -3.71. The van der Waals surface area contributed by atoms with Gasteiger partial charge in [0.2, 0.25) is 10.0 Å². The van der Waals surface area contributed by atoms with Crippen molar-refractivity contribution in [2.45, 2.75) is 81.5 Å². The van der Waals surface area contributed by atoms with Gasteiger partial charge in [0.1, 0.15) is 18.3 Å². The molecule has 0 amide bonds. The van der Waals surface area contributed by atoms with Gasteiger partial charge in [-0.15, -0.1) is 0 Å². The van der Waals surface area contributed by atoms with Crippen LogP contribution in [0.2, 0.25) is 0 Å². The van der Waals surface area contributed by atoms with Crippen LogP contribution >= 0.6 is 0 Å². The van der Waals surface area contributed by atoms with E-state index >= 15 is 0 Å². The molecule has 0 aromatic rings. The van der Waals surface area contributed by atoms with Crippen molar-refractivity contribution >= 4 is 10.0 Å². The number of ether oxygens (including phenoxy) is 2. The van der Waals surface area contributed by atoms with Gasteiger partial charge in [0.15, 0.2) is 12.6 Å². The Kier molecular flexibility index (Phi) is 8.97. The molecule has 13 heteroatoms. The lowest BCUT2D eigenvalue weighted by molar-refractivity contribution is -0.286. The van der Waals surface area contributed by atoms with Crippen LogP contribution in [0, 0.1) is 0 Å². The molecular formula is C14H31N3O9S. The van der Waals surface area contributed by atoms with Gasteiger partial charge in [0, 0.05) is 6.04 Å². The fraction of sp³-hybridized carbons (Fsp3) is 1.00. The summed E-state index contributed by atoms with van der Waals surface area (Å²) in [5.41, 5.74) is 11.8. The summed E-state index contributed by atoms with van der Waals surface area (Å²) < 4.78 is 35.7. The Balaban J connectivity index is 2.76. The zero-order valence-electron chi connectivity index (χ0n) is 15.4. The van der Waals surface area contributed by atoms with Crippen molar-refractivity contribution in [1.82, 2.24) is 4.72 Å². The molecule has 1 aliphatic rings. The second-order valence-electron chi connectivity index (χ2n) is 6.92. The first-order valence-corrected chi connectivity index (χ1v) is 10.3. The van der Waals surface area contributed by atoms with Crippen LogP contribution in [-0.4, -0.2) is 101 Å². The van der Waals surface area contributed by atoms with Crippen LogP contribution in [0.3, 0.4) is 0 Å². The minimum atomic E-state index is -3.71. The fourth-order valence-electron chi connectivity index (χ4n) is 2.73. The van der Waals surface area contributed by atoms with Crippen LogP contribution < -0.4 is 16.2 Å². The lowest BCUT2D eigenvalue weighted by Crippen LogP contribution is -2.64. The lowest BCUT2D eigenvalue weighted by atomic mass is 9.94. The van der Waals surface area contributed by atoms with Crippen molar-refractivity contribution in [3.05, 3.63) is 0 Å². The van der Waals surface area contributed by atoms with Crippen LogP contribution in [0.5, 0.6) is 0 Å². The number of aliphatic hydroxyl groups excluding tert-OH is 4. The third-order valence-corrected chi connectivity index (χ3v) is 5.10. The monoisotopic (exact) mass is 417 g/mol. The largest absolute Gasteiger partial charge is 0.391 e. The van der Waals surface area contributed by atoms with Crippen LogP contribution in [0.25, 0.3) is 0 Å². The van der Waals surface area contributed by atoms with E-state index in [1.54, 1.807) is 0 Å². The van der Waals surface area contributed by atoms with E-state index in [1.165, 1.54) is 13.8 Å². The van der Waals surface area contributed by atoms with Gasteiger partial charge in [0.25, 0.3) is 0 Å². The van der Waals surface area contributed by atoms with Gasteiger partial charge in [-0.2, -0.15) is 0 Å². The summed E-state index contributed by atoms with van der Waals surface area (Å²) in [6, 6.07) is -3.26. The molecule has 0 radical (unpaired) electrons. The van der Waals surface area contributed by atoms with Crippen LogP contribution in [0.4, 0.5) is 0 Å². The molecule has 1 heterocycles. The number of hydrogen-bond acceptors (Lipinski definition) is 11. The number of nitrogens with one attached hydrogen (secondary N) is 1. The summed E-state index contributed by atoms with van der Waals surface area (Å²) >= 11 is 0. The molecule has 1 fully saturated rings. The van der Waals surface area contributed by atoms with Crippen molar-refractivity contribution in [3.8, 4) is 0 Å². The molecule has 0 bridgehead atoms. The normalized spacial score (nSPS) is 34.3. The fourth-order valence-corrected chi connectivity index (χ4v) is 3.50. The van der Waals surface area contributed by atoms with Gasteiger partial charge >= 0.3 is 0 Å². The second kappa shape index (κ2) is 9.84. The predicted molar refractivity (Wildman–Crippen MR) is 93.5 cm³/mol. The highest BCUT2D eigenvalue weighted by molar-refractivity contribution is 7.88. The summed E-state index contributed by atoms with van der Waals surface area (Å²) in [5.74, 6) is 0. The minimum Gasteiger partial charge on any atom is -0.391 e. The number of nitrogens with two attached hydrogens (primary N) is 2. The Morgan fingerprint density at radius 2 is 1.74 bits per heavy atom. The number of aliphatic hydroxyl groups is 5. The highest BCUT2D eigenvalue weighted by Gasteiger charge is 2.45. The zero-order chi connectivity index (χ0) is 21.1. The smallest absolute Gasteiger partial charge is 0.209 e. The Bertz CT molecular complexity index is 562. The predicted octanol–water partition coefficient (Wildman–Crippen LogP) is -4.51. The molecule has 0 saturated carbocycles. The Morgan fingerprint density at radius 3 is 2.19 bits per heavy atom. The van der Waals surface area contributed by atoms with E-state index in [9.17, 15) is 34.0 Å². The maximum atomic E-state index is 11.3. The summed E-state index contributed by atoms with van der Waals surface area (Å²) in [6.07, 6.45) is -8.36. The first-order valence-electron chi connectivity index (χ1n) is 8.44. The minimum absolute atomic E-state index is 0.182. The average Bonchev–Trinajstić information content (AvgIpc) is 2.52. The van der Waals surface area contributed by atoms with Crippen molar-refractivity contribution in [1.29, 1.82) is 0 Å². The van der Waals surface area contributed by atoms with Crippen molar-refractivity contribution < 1.29 is 43.4 Å². The molecule has 27 heavy (non-hydrogen) atoms. The second-order valence-corrected chi connectivity index (χ2v) is 8.70. The Labute approximate surface area is 158 Å². The summed E-state index contributed by atoms with van der Waals surface area (Å²) in [4.78, 5) is 0. The number of hydrogen-bond donors (Lipinski definition) is 8. The highest BCUT2D eigenvalue weighted by Crippen LogP contribution is 2.24. The third kappa shape index (κ3) is 7.14. The topological polar surface area (TPSA) is 218 Å². The van der Waals surface area contributed by atoms with E-state index in [-0.39, 0.29) is 6.42 Å². The average molecular weight is 417 g/mol. The van der Waals surface area contributed by atoms with Crippen LogP contribution in [0.1, 0.15) is 20.3 Å². The molecule has 0 aromatic carbocycles. The van der Waals surface area contributed by atoms with E-state index in [1.807, 2.05) is 0 Å². The molecule has 1 saturated heterocycles. The summed E-state index contributed by atoms with van der Waals surface area (Å²) in [5, 5.41) is 48.2. The van der Waals surface area contributed by atoms with E-state index in [0.717, 1.165) is 6.26 Å². The van der Waals surface area contributed by atoms with Gasteiger partial charge in [-0.25, -0.2) is 13.1 Å². The molecule has 0 aliphatic carbocycles. The molecule has 0 aromatic heterocycles. The SMILES string of the molecule is C[C@H](OC1OC([C@@H](C)O)C(O)C(O)C1N)C(N)CC(NS(C)(=O)=O)C(O)O. The van der Waals surface area contributed by atoms with Crippen LogP contribution in [0.15, 0.2) is 0 Å². The molecular weight excluding hydrogens is 386 g/mol. The van der Waals surface area contributed by atoms with Gasteiger partial charge in [-0.05, 0) is 20.3 Å². The van der Waals surface area contributed by atoms with E-state index < -0.39 is 71.2 Å². The number of sulfonamides is 1.